The Morgan fingerprint density at radius 2 is 1.83 bits per heavy atom. The molecule has 0 unspecified atom stereocenters. The highest BCUT2D eigenvalue weighted by atomic mass is 35.5. The predicted octanol–water partition coefficient (Wildman–Crippen LogP) is 2.56. The second-order valence-electron chi connectivity index (χ2n) is 4.05. The van der Waals surface area contributed by atoms with Gasteiger partial charge in [-0.05, 0) is 32.0 Å². The summed E-state index contributed by atoms with van der Waals surface area (Å²) >= 11 is 5.83. The topological polar surface area (TPSA) is 68.9 Å². The summed E-state index contributed by atoms with van der Waals surface area (Å²) in [6.07, 6.45) is 1.41. The van der Waals surface area contributed by atoms with Crippen molar-refractivity contribution < 1.29 is 4.79 Å². The van der Waals surface area contributed by atoms with Gasteiger partial charge in [0, 0.05) is 23.1 Å². The smallest absolute Gasteiger partial charge is 0.196 e. The van der Waals surface area contributed by atoms with Crippen molar-refractivity contribution in [1.82, 2.24) is 9.97 Å². The lowest BCUT2D eigenvalue weighted by atomic mass is 10.0. The highest BCUT2D eigenvalue weighted by Crippen LogP contribution is 2.19. The normalized spacial score (nSPS) is 10.4. The number of rotatable bonds is 2. The fraction of sp³-hybridized carbons (Fsp3) is 0.154. The van der Waals surface area contributed by atoms with Gasteiger partial charge in [-0.15, -0.1) is 0 Å². The van der Waals surface area contributed by atoms with Crippen molar-refractivity contribution in [2.45, 2.75) is 13.8 Å². The van der Waals surface area contributed by atoms with Crippen molar-refractivity contribution >= 4 is 23.2 Å². The van der Waals surface area contributed by atoms with Crippen LogP contribution in [0.4, 0.5) is 5.82 Å². The number of halogens is 1. The molecule has 2 aromatic heterocycles. The Kier molecular flexibility index (Phi) is 3.30. The monoisotopic (exact) mass is 261 g/mol. The van der Waals surface area contributed by atoms with E-state index in [0.29, 0.717) is 16.1 Å². The molecule has 0 aliphatic heterocycles. The molecule has 2 aromatic rings. The molecule has 0 fully saturated rings. The zero-order valence-electron chi connectivity index (χ0n) is 10.1. The number of hydrogen-bond donors (Lipinski definition) is 1. The first-order valence-electron chi connectivity index (χ1n) is 5.38. The summed E-state index contributed by atoms with van der Waals surface area (Å²) in [6, 6.07) is 4.96. The first-order chi connectivity index (χ1) is 8.47. The first kappa shape index (κ1) is 12.5. The number of hydrogen-bond acceptors (Lipinski definition) is 4. The summed E-state index contributed by atoms with van der Waals surface area (Å²) in [4.78, 5) is 20.4. The highest BCUT2D eigenvalue weighted by Gasteiger charge is 2.14. The molecule has 2 heterocycles. The minimum absolute atomic E-state index is 0.177. The first-order valence-corrected chi connectivity index (χ1v) is 5.76. The number of nitrogens with zero attached hydrogens (tertiary/aromatic N) is 2. The highest BCUT2D eigenvalue weighted by molar-refractivity contribution is 6.31. The van der Waals surface area contributed by atoms with Crippen molar-refractivity contribution in [2.24, 2.45) is 0 Å². The van der Waals surface area contributed by atoms with Gasteiger partial charge in [0.1, 0.15) is 5.82 Å². The van der Waals surface area contributed by atoms with Crippen LogP contribution in [-0.2, 0) is 0 Å². The molecule has 0 aromatic carbocycles. The lowest BCUT2D eigenvalue weighted by molar-refractivity contribution is 0.103. The van der Waals surface area contributed by atoms with Crippen LogP contribution in [0.25, 0.3) is 0 Å². The second kappa shape index (κ2) is 4.74. The van der Waals surface area contributed by atoms with Crippen molar-refractivity contribution in [1.29, 1.82) is 0 Å². The molecule has 0 aliphatic rings. The van der Waals surface area contributed by atoms with E-state index in [1.165, 1.54) is 12.3 Å². The lowest BCUT2D eigenvalue weighted by Crippen LogP contribution is -2.08. The van der Waals surface area contributed by atoms with Gasteiger partial charge in [-0.3, -0.25) is 9.78 Å². The minimum atomic E-state index is -0.198. The van der Waals surface area contributed by atoms with Crippen molar-refractivity contribution in [3.63, 3.8) is 0 Å². The van der Waals surface area contributed by atoms with Crippen LogP contribution < -0.4 is 5.73 Å². The molecule has 0 spiro atoms. The van der Waals surface area contributed by atoms with Crippen LogP contribution >= 0.6 is 11.6 Å². The van der Waals surface area contributed by atoms with E-state index < -0.39 is 0 Å². The number of aromatic nitrogens is 2. The van der Waals surface area contributed by atoms with Gasteiger partial charge in [0.15, 0.2) is 5.78 Å². The van der Waals surface area contributed by atoms with Crippen molar-refractivity contribution in [2.75, 3.05) is 5.73 Å². The largest absolute Gasteiger partial charge is 0.383 e. The van der Waals surface area contributed by atoms with E-state index in [1.54, 1.807) is 12.1 Å². The van der Waals surface area contributed by atoms with Gasteiger partial charge >= 0.3 is 0 Å². The summed E-state index contributed by atoms with van der Waals surface area (Å²) in [5, 5.41) is 0.384. The number of nitrogen functional groups attached to an aromatic ring is 1. The fourth-order valence-corrected chi connectivity index (χ4v) is 1.91. The van der Waals surface area contributed by atoms with E-state index in [1.807, 2.05) is 13.8 Å². The van der Waals surface area contributed by atoms with Gasteiger partial charge in [0.05, 0.1) is 10.6 Å². The molecule has 0 radical (unpaired) electrons. The molecule has 18 heavy (non-hydrogen) atoms. The molecule has 0 saturated carbocycles. The minimum Gasteiger partial charge on any atom is -0.383 e. The van der Waals surface area contributed by atoms with Crippen LogP contribution in [0.3, 0.4) is 0 Å². The number of carbonyl (C=O) groups excluding carboxylic acids is 1. The van der Waals surface area contributed by atoms with Crippen LogP contribution in [0.2, 0.25) is 5.02 Å². The van der Waals surface area contributed by atoms with E-state index in [-0.39, 0.29) is 11.6 Å². The maximum atomic E-state index is 12.3. The zero-order valence-corrected chi connectivity index (χ0v) is 10.8. The number of aryl methyl sites for hydroxylation is 2. The zero-order chi connectivity index (χ0) is 13.3. The Morgan fingerprint density at radius 3 is 2.44 bits per heavy atom. The van der Waals surface area contributed by atoms with Crippen LogP contribution in [-0.4, -0.2) is 15.8 Å². The number of anilines is 1. The third kappa shape index (κ3) is 2.49. The molecule has 2 rings (SSSR count). The van der Waals surface area contributed by atoms with E-state index in [0.717, 1.165) is 11.4 Å². The van der Waals surface area contributed by atoms with Crippen molar-refractivity contribution in [3.05, 3.63) is 51.9 Å². The van der Waals surface area contributed by atoms with Gasteiger partial charge in [-0.2, -0.15) is 0 Å². The lowest BCUT2D eigenvalue weighted by Gasteiger charge is -2.06. The molecule has 2 N–H and O–H groups in total. The molecular weight excluding hydrogens is 250 g/mol. The summed E-state index contributed by atoms with van der Waals surface area (Å²) in [7, 11) is 0. The maximum absolute atomic E-state index is 12.3. The Morgan fingerprint density at radius 1 is 1.22 bits per heavy atom. The Labute approximate surface area is 110 Å². The molecule has 0 saturated heterocycles. The standard InChI is InChI=1S/C13H12ClN3O/c1-7-3-9(4-8(2)17-7)12(18)11-5-10(14)6-16-13(11)15/h3-6H,1-2H3,(H2,15,16). The SMILES string of the molecule is Cc1cc(C(=O)c2cc(Cl)cnc2N)cc(C)n1. The number of nitrogens with two attached hydrogens (primary N) is 1. The Bertz CT molecular complexity index is 605. The van der Waals surface area contributed by atoms with E-state index in [4.69, 9.17) is 17.3 Å². The van der Waals surface area contributed by atoms with E-state index >= 15 is 0 Å². The molecule has 92 valence electrons. The summed E-state index contributed by atoms with van der Waals surface area (Å²) in [5.74, 6) is -0.0207. The molecule has 0 aliphatic carbocycles. The Balaban J connectivity index is 2.51. The fourth-order valence-electron chi connectivity index (χ4n) is 1.75. The molecular formula is C13H12ClN3O. The van der Waals surface area contributed by atoms with Gasteiger partial charge in [-0.25, -0.2) is 4.98 Å². The van der Waals surface area contributed by atoms with Gasteiger partial charge in [0.2, 0.25) is 0 Å². The number of carbonyl (C=O) groups is 1. The van der Waals surface area contributed by atoms with Crippen LogP contribution in [0.5, 0.6) is 0 Å². The summed E-state index contributed by atoms with van der Waals surface area (Å²) in [6.45, 7) is 3.67. The summed E-state index contributed by atoms with van der Waals surface area (Å²) < 4.78 is 0. The molecule has 5 heteroatoms. The Hall–Kier alpha value is -1.94. The van der Waals surface area contributed by atoms with Crippen LogP contribution in [0.1, 0.15) is 27.3 Å². The quantitative estimate of drug-likeness (QED) is 0.844. The van der Waals surface area contributed by atoms with Gasteiger partial charge in [0.25, 0.3) is 0 Å². The average Bonchev–Trinajstić information content (AvgIpc) is 2.30. The van der Waals surface area contributed by atoms with E-state index in [9.17, 15) is 4.79 Å². The van der Waals surface area contributed by atoms with Crippen LogP contribution in [0.15, 0.2) is 24.4 Å². The van der Waals surface area contributed by atoms with Crippen molar-refractivity contribution in [3.8, 4) is 0 Å². The number of pyridine rings is 2. The van der Waals surface area contributed by atoms with Crippen LogP contribution in [0, 0.1) is 13.8 Å². The average molecular weight is 262 g/mol. The third-order valence-electron chi connectivity index (χ3n) is 2.47. The molecule has 0 atom stereocenters. The van der Waals surface area contributed by atoms with Gasteiger partial charge in [-0.1, -0.05) is 11.6 Å². The maximum Gasteiger partial charge on any atom is 0.196 e. The third-order valence-corrected chi connectivity index (χ3v) is 2.68. The molecule has 0 bridgehead atoms. The van der Waals surface area contributed by atoms with E-state index in [2.05, 4.69) is 9.97 Å². The second-order valence-corrected chi connectivity index (χ2v) is 4.49. The van der Waals surface area contributed by atoms with Gasteiger partial charge < -0.3 is 5.73 Å². The summed E-state index contributed by atoms with van der Waals surface area (Å²) in [5.41, 5.74) is 8.12. The number of ketones is 1. The molecule has 4 nitrogen and oxygen atoms in total. The predicted molar refractivity (Wildman–Crippen MR) is 70.8 cm³/mol. The molecule has 0 amide bonds.